The van der Waals surface area contributed by atoms with E-state index in [1.165, 1.54) is 0 Å². The predicted molar refractivity (Wildman–Crippen MR) is 117 cm³/mol. The van der Waals surface area contributed by atoms with Gasteiger partial charge in [0.2, 0.25) is 5.91 Å². The van der Waals surface area contributed by atoms with Crippen LogP contribution in [0.2, 0.25) is 0 Å². The van der Waals surface area contributed by atoms with Crippen LogP contribution in [-0.4, -0.2) is 34.8 Å². The summed E-state index contributed by atoms with van der Waals surface area (Å²) in [4.78, 5) is 32.8. The highest BCUT2D eigenvalue weighted by molar-refractivity contribution is 6.16. The summed E-state index contributed by atoms with van der Waals surface area (Å²) in [5, 5.41) is 6.06. The molecule has 1 N–H and O–H groups in total. The molecule has 146 valence electrons. The molecule has 30 heavy (non-hydrogen) atoms. The molecule has 2 aliphatic rings. The van der Waals surface area contributed by atoms with Crippen LogP contribution in [0.1, 0.15) is 22.3 Å². The van der Waals surface area contributed by atoms with Crippen LogP contribution in [0.4, 0.5) is 5.69 Å². The number of likely N-dealkylation sites (tertiary alicyclic amines) is 1. The fourth-order valence-electron chi connectivity index (χ4n) is 5.02. The first-order chi connectivity index (χ1) is 14.7. The Morgan fingerprint density at radius 1 is 1.00 bits per heavy atom. The SMILES string of the molecule is O=C(c1cc2ccccc2c2cccnc12)N1CCC2(C1)C(=O)Nc1ccccc12. The summed E-state index contributed by atoms with van der Waals surface area (Å²) in [6.07, 6.45) is 2.35. The van der Waals surface area contributed by atoms with Gasteiger partial charge in [0, 0.05) is 30.4 Å². The van der Waals surface area contributed by atoms with Crippen LogP contribution < -0.4 is 5.32 Å². The van der Waals surface area contributed by atoms with Gasteiger partial charge < -0.3 is 10.2 Å². The number of anilines is 1. The number of fused-ring (bicyclic) bond motifs is 5. The average molecular weight is 393 g/mol. The number of nitrogens with one attached hydrogen (secondary N) is 1. The third-order valence-electron chi connectivity index (χ3n) is 6.53. The molecule has 3 aromatic carbocycles. The van der Waals surface area contributed by atoms with Crippen molar-refractivity contribution in [3.63, 3.8) is 0 Å². The second-order valence-corrected chi connectivity index (χ2v) is 8.10. The number of carbonyl (C=O) groups excluding carboxylic acids is 2. The Labute approximate surface area is 173 Å². The standard InChI is InChI=1S/C25H19N3O2/c29-23(19-14-16-6-1-2-7-17(16)18-8-5-12-26-22(18)19)28-13-11-25(15-28)20-9-3-4-10-21(20)27-24(25)30/h1-10,12,14H,11,13,15H2,(H,27,30). The second-order valence-electron chi connectivity index (χ2n) is 8.10. The van der Waals surface area contributed by atoms with Crippen molar-refractivity contribution in [2.24, 2.45) is 0 Å². The van der Waals surface area contributed by atoms with Gasteiger partial charge in [-0.3, -0.25) is 14.6 Å². The number of benzene rings is 3. The first kappa shape index (κ1) is 17.2. The van der Waals surface area contributed by atoms with Gasteiger partial charge in [0.05, 0.1) is 16.5 Å². The highest BCUT2D eigenvalue weighted by Gasteiger charge is 2.52. The van der Waals surface area contributed by atoms with Crippen LogP contribution in [-0.2, 0) is 10.2 Å². The highest BCUT2D eigenvalue weighted by atomic mass is 16.2. The summed E-state index contributed by atoms with van der Waals surface area (Å²) in [7, 11) is 0. The number of carbonyl (C=O) groups is 2. The number of hydrogen-bond acceptors (Lipinski definition) is 3. The van der Waals surface area contributed by atoms with Crippen molar-refractivity contribution in [1.82, 2.24) is 9.88 Å². The largest absolute Gasteiger partial charge is 0.337 e. The van der Waals surface area contributed by atoms with Gasteiger partial charge in [-0.25, -0.2) is 0 Å². The van der Waals surface area contributed by atoms with Crippen molar-refractivity contribution in [2.75, 3.05) is 18.4 Å². The van der Waals surface area contributed by atoms with E-state index in [2.05, 4.69) is 16.4 Å². The van der Waals surface area contributed by atoms with Crippen LogP contribution in [0, 0.1) is 0 Å². The van der Waals surface area contributed by atoms with Crippen molar-refractivity contribution in [3.8, 4) is 0 Å². The first-order valence-electron chi connectivity index (χ1n) is 10.1. The maximum atomic E-state index is 13.6. The minimum atomic E-state index is -0.660. The Morgan fingerprint density at radius 3 is 2.73 bits per heavy atom. The number of para-hydroxylation sites is 1. The lowest BCUT2D eigenvalue weighted by molar-refractivity contribution is -0.120. The van der Waals surface area contributed by atoms with E-state index < -0.39 is 5.41 Å². The van der Waals surface area contributed by atoms with Gasteiger partial charge in [0.15, 0.2) is 0 Å². The van der Waals surface area contributed by atoms with Crippen molar-refractivity contribution in [3.05, 3.63) is 84.1 Å². The molecule has 4 aromatic rings. The molecule has 2 aliphatic heterocycles. The molecule has 1 unspecified atom stereocenters. The van der Waals surface area contributed by atoms with Crippen molar-refractivity contribution >= 4 is 39.2 Å². The molecule has 5 heteroatoms. The molecule has 2 amide bonds. The van der Waals surface area contributed by atoms with Gasteiger partial charge in [-0.05, 0) is 41.0 Å². The lowest BCUT2D eigenvalue weighted by atomic mass is 9.81. The maximum Gasteiger partial charge on any atom is 0.256 e. The fraction of sp³-hybridized carbons (Fsp3) is 0.160. The highest BCUT2D eigenvalue weighted by Crippen LogP contribution is 2.44. The molecule has 0 radical (unpaired) electrons. The third kappa shape index (κ3) is 2.26. The number of pyridine rings is 1. The van der Waals surface area contributed by atoms with Gasteiger partial charge in [-0.1, -0.05) is 48.5 Å². The Hall–Kier alpha value is -3.73. The van der Waals surface area contributed by atoms with E-state index in [-0.39, 0.29) is 11.8 Å². The normalized spacial score (nSPS) is 20.1. The smallest absolute Gasteiger partial charge is 0.256 e. The van der Waals surface area contributed by atoms with Gasteiger partial charge in [0.1, 0.15) is 0 Å². The van der Waals surface area contributed by atoms with Gasteiger partial charge in [0.25, 0.3) is 5.91 Å². The summed E-state index contributed by atoms with van der Waals surface area (Å²) in [5.41, 5.74) is 2.49. The fourth-order valence-corrected chi connectivity index (χ4v) is 5.02. The second kappa shape index (κ2) is 6.13. The van der Waals surface area contributed by atoms with E-state index in [0.717, 1.165) is 27.4 Å². The zero-order valence-corrected chi connectivity index (χ0v) is 16.3. The molecule has 6 rings (SSSR count). The molecule has 1 saturated heterocycles. The molecular formula is C25H19N3O2. The molecule has 1 fully saturated rings. The minimum Gasteiger partial charge on any atom is -0.337 e. The molecule has 0 bridgehead atoms. The van der Waals surface area contributed by atoms with Crippen molar-refractivity contribution in [1.29, 1.82) is 0 Å². The molecule has 1 atom stereocenters. The van der Waals surface area contributed by atoms with Crippen LogP contribution >= 0.6 is 0 Å². The predicted octanol–water partition coefficient (Wildman–Crippen LogP) is 4.12. The molecule has 1 aromatic heterocycles. The Bertz CT molecular complexity index is 1360. The summed E-state index contributed by atoms with van der Waals surface area (Å²) in [6, 6.07) is 21.7. The molecule has 5 nitrogen and oxygen atoms in total. The molecular weight excluding hydrogens is 374 g/mol. The van der Waals surface area contributed by atoms with Crippen molar-refractivity contribution in [2.45, 2.75) is 11.8 Å². The van der Waals surface area contributed by atoms with E-state index in [4.69, 9.17) is 0 Å². The van der Waals surface area contributed by atoms with Crippen molar-refractivity contribution < 1.29 is 9.59 Å². The number of amides is 2. The van der Waals surface area contributed by atoms with E-state index in [1.807, 2.05) is 60.7 Å². The zero-order valence-electron chi connectivity index (χ0n) is 16.3. The number of rotatable bonds is 1. The summed E-state index contributed by atoms with van der Waals surface area (Å²) in [5.74, 6) is -0.0843. The van der Waals surface area contributed by atoms with Crippen LogP contribution in [0.15, 0.2) is 72.9 Å². The summed E-state index contributed by atoms with van der Waals surface area (Å²) >= 11 is 0. The Balaban J connectivity index is 1.44. The maximum absolute atomic E-state index is 13.6. The molecule has 3 heterocycles. The van der Waals surface area contributed by atoms with Crippen LogP contribution in [0.3, 0.4) is 0 Å². The average Bonchev–Trinajstić information content (AvgIpc) is 3.36. The lowest BCUT2D eigenvalue weighted by Crippen LogP contribution is -2.39. The quantitative estimate of drug-likeness (QED) is 0.495. The zero-order chi connectivity index (χ0) is 20.3. The lowest BCUT2D eigenvalue weighted by Gasteiger charge is -2.23. The third-order valence-corrected chi connectivity index (χ3v) is 6.53. The molecule has 1 spiro atoms. The summed E-state index contributed by atoms with van der Waals surface area (Å²) in [6.45, 7) is 0.928. The van der Waals surface area contributed by atoms with Gasteiger partial charge >= 0.3 is 0 Å². The van der Waals surface area contributed by atoms with E-state index in [0.29, 0.717) is 30.6 Å². The first-order valence-corrected chi connectivity index (χ1v) is 10.1. The number of nitrogens with zero attached hydrogens (tertiary/aromatic N) is 2. The van der Waals surface area contributed by atoms with Crippen LogP contribution in [0.25, 0.3) is 21.7 Å². The molecule has 0 saturated carbocycles. The van der Waals surface area contributed by atoms with Crippen LogP contribution in [0.5, 0.6) is 0 Å². The number of aromatic nitrogens is 1. The monoisotopic (exact) mass is 393 g/mol. The summed E-state index contributed by atoms with van der Waals surface area (Å²) < 4.78 is 0. The molecule has 0 aliphatic carbocycles. The van der Waals surface area contributed by atoms with Gasteiger partial charge in [-0.15, -0.1) is 0 Å². The Morgan fingerprint density at radius 2 is 1.80 bits per heavy atom. The minimum absolute atomic E-state index is 0.0134. The van der Waals surface area contributed by atoms with E-state index in [1.54, 1.807) is 11.1 Å². The van der Waals surface area contributed by atoms with E-state index >= 15 is 0 Å². The topological polar surface area (TPSA) is 62.3 Å². The van der Waals surface area contributed by atoms with Gasteiger partial charge in [-0.2, -0.15) is 0 Å². The Kier molecular flexibility index (Phi) is 3.51. The van der Waals surface area contributed by atoms with E-state index in [9.17, 15) is 9.59 Å². The number of hydrogen-bond donors (Lipinski definition) is 1.